The van der Waals surface area contributed by atoms with E-state index in [0.29, 0.717) is 41.4 Å². The summed E-state index contributed by atoms with van der Waals surface area (Å²) >= 11 is 0. The number of benzene rings is 2. The molecule has 34 heavy (non-hydrogen) atoms. The highest BCUT2D eigenvalue weighted by Gasteiger charge is 2.35. The molecule has 1 fully saturated rings. The van der Waals surface area contributed by atoms with Crippen molar-refractivity contribution in [2.75, 3.05) is 29.6 Å². The lowest BCUT2D eigenvalue weighted by molar-refractivity contribution is 0.353. The molecule has 0 radical (unpaired) electrons. The number of aromatic nitrogens is 2. The van der Waals surface area contributed by atoms with Crippen molar-refractivity contribution >= 4 is 38.9 Å². The van der Waals surface area contributed by atoms with Gasteiger partial charge in [0.15, 0.2) is 23.1 Å². The summed E-state index contributed by atoms with van der Waals surface area (Å²) < 4.78 is 52.1. The molecule has 0 aliphatic heterocycles. The fourth-order valence-corrected chi connectivity index (χ4v) is 4.87. The Morgan fingerprint density at radius 3 is 2.38 bits per heavy atom. The van der Waals surface area contributed by atoms with Crippen LogP contribution in [0.4, 0.5) is 33.2 Å². The second-order valence-electron chi connectivity index (χ2n) is 8.04. The molecule has 0 bridgehead atoms. The van der Waals surface area contributed by atoms with Gasteiger partial charge < -0.3 is 20.1 Å². The van der Waals surface area contributed by atoms with Crippen molar-refractivity contribution in [1.29, 1.82) is 0 Å². The van der Waals surface area contributed by atoms with E-state index in [-0.39, 0.29) is 17.0 Å². The first kappa shape index (κ1) is 23.6. The zero-order chi connectivity index (χ0) is 24.5. The number of sulfonamides is 1. The van der Waals surface area contributed by atoms with E-state index < -0.39 is 15.8 Å². The third kappa shape index (κ3) is 5.14. The Balaban J connectivity index is 1.53. The zero-order valence-corrected chi connectivity index (χ0v) is 20.1. The van der Waals surface area contributed by atoms with E-state index >= 15 is 0 Å². The van der Waals surface area contributed by atoms with E-state index in [4.69, 9.17) is 9.47 Å². The lowest BCUT2D eigenvalue weighted by Crippen LogP contribution is -2.17. The van der Waals surface area contributed by atoms with E-state index in [0.717, 1.165) is 17.3 Å². The highest BCUT2D eigenvalue weighted by molar-refractivity contribution is 7.93. The number of hydrogen-bond acceptors (Lipinski definition) is 8. The molecule has 1 saturated carbocycles. The topological polar surface area (TPSA) is 114 Å². The first-order valence-electron chi connectivity index (χ1n) is 10.6. The van der Waals surface area contributed by atoms with Crippen LogP contribution in [0.1, 0.15) is 24.0 Å². The van der Waals surface area contributed by atoms with Gasteiger partial charge in [-0.15, -0.1) is 0 Å². The normalized spacial score (nSPS) is 13.3. The zero-order valence-electron chi connectivity index (χ0n) is 19.3. The SMILES string of the molecule is COc1cc(Nc2ncc(F)c(Nc3ccc(NS(=O)(=O)C4CC4)cc3C)n2)cc(C)c1OC. The van der Waals surface area contributed by atoms with Crippen LogP contribution in [-0.4, -0.2) is 37.9 Å². The highest BCUT2D eigenvalue weighted by atomic mass is 32.2. The Morgan fingerprint density at radius 1 is 1.00 bits per heavy atom. The molecule has 180 valence electrons. The molecular formula is C23H26FN5O4S. The van der Waals surface area contributed by atoms with Gasteiger partial charge in [0, 0.05) is 23.1 Å². The molecule has 0 saturated heterocycles. The second kappa shape index (κ2) is 9.34. The predicted octanol–water partition coefficient (Wildman–Crippen LogP) is 4.64. The number of ether oxygens (including phenoxy) is 2. The molecule has 1 heterocycles. The van der Waals surface area contributed by atoms with E-state index in [1.807, 2.05) is 13.0 Å². The molecule has 9 nitrogen and oxygen atoms in total. The number of nitrogens with zero attached hydrogens (tertiary/aromatic N) is 2. The van der Waals surface area contributed by atoms with Crippen molar-refractivity contribution in [1.82, 2.24) is 9.97 Å². The average Bonchev–Trinajstić information content (AvgIpc) is 3.63. The standard InChI is InChI=1S/C23H26FN5O4S/c1-13-9-15(29-34(30,31)17-6-7-17)5-8-19(13)27-22-18(24)12-25-23(28-22)26-16-10-14(2)21(33-4)20(11-16)32-3/h5,8-12,17,29H,6-7H2,1-4H3,(H2,25,26,27,28). The molecule has 0 unspecified atom stereocenters. The smallest absolute Gasteiger partial charge is 0.235 e. The van der Waals surface area contributed by atoms with Gasteiger partial charge in [-0.2, -0.15) is 4.98 Å². The van der Waals surface area contributed by atoms with Gasteiger partial charge in [0.2, 0.25) is 16.0 Å². The summed E-state index contributed by atoms with van der Waals surface area (Å²) in [5.74, 6) is 0.685. The minimum Gasteiger partial charge on any atom is -0.493 e. The van der Waals surface area contributed by atoms with Gasteiger partial charge in [-0.25, -0.2) is 17.8 Å². The van der Waals surface area contributed by atoms with E-state index in [9.17, 15) is 12.8 Å². The monoisotopic (exact) mass is 487 g/mol. The largest absolute Gasteiger partial charge is 0.493 e. The minimum atomic E-state index is -3.36. The maximum atomic E-state index is 14.5. The summed E-state index contributed by atoms with van der Waals surface area (Å²) in [5.41, 5.74) is 3.26. The number of hydrogen-bond donors (Lipinski definition) is 3. The third-order valence-electron chi connectivity index (χ3n) is 5.37. The summed E-state index contributed by atoms with van der Waals surface area (Å²) in [7, 11) is -0.251. The number of anilines is 5. The van der Waals surface area contributed by atoms with Crippen LogP contribution in [0.15, 0.2) is 36.5 Å². The summed E-state index contributed by atoms with van der Waals surface area (Å²) in [4.78, 5) is 8.27. The lowest BCUT2D eigenvalue weighted by atomic mass is 10.2. The molecule has 3 aromatic rings. The first-order chi connectivity index (χ1) is 16.2. The first-order valence-corrected chi connectivity index (χ1v) is 12.2. The summed E-state index contributed by atoms with van der Waals surface area (Å²) in [6.45, 7) is 3.67. The molecule has 11 heteroatoms. The van der Waals surface area contributed by atoms with E-state index in [1.54, 1.807) is 45.4 Å². The van der Waals surface area contributed by atoms with Crippen LogP contribution in [-0.2, 0) is 10.0 Å². The summed E-state index contributed by atoms with van der Waals surface area (Å²) in [6.07, 6.45) is 2.43. The predicted molar refractivity (Wildman–Crippen MR) is 130 cm³/mol. The van der Waals surface area contributed by atoms with Crippen molar-refractivity contribution in [2.45, 2.75) is 31.9 Å². The van der Waals surface area contributed by atoms with Crippen LogP contribution in [0.2, 0.25) is 0 Å². The Morgan fingerprint density at radius 2 is 1.74 bits per heavy atom. The maximum Gasteiger partial charge on any atom is 0.235 e. The fraction of sp³-hybridized carbons (Fsp3) is 0.304. The maximum absolute atomic E-state index is 14.5. The molecule has 0 spiro atoms. The second-order valence-corrected chi connectivity index (χ2v) is 10.0. The van der Waals surface area contributed by atoms with Crippen LogP contribution < -0.4 is 24.8 Å². The molecule has 1 aromatic heterocycles. The van der Waals surface area contributed by atoms with E-state index in [1.165, 1.54) is 0 Å². The van der Waals surface area contributed by atoms with Crippen molar-refractivity contribution in [2.24, 2.45) is 0 Å². The Hall–Kier alpha value is -3.60. The molecule has 1 aliphatic rings. The lowest BCUT2D eigenvalue weighted by Gasteiger charge is -2.15. The Bertz CT molecular complexity index is 1330. The van der Waals surface area contributed by atoms with Crippen molar-refractivity contribution < 1.29 is 22.3 Å². The molecule has 4 rings (SSSR count). The third-order valence-corrected chi connectivity index (χ3v) is 7.24. The molecule has 0 amide bonds. The average molecular weight is 488 g/mol. The fourth-order valence-electron chi connectivity index (χ4n) is 3.49. The van der Waals surface area contributed by atoms with Gasteiger partial charge in [0.25, 0.3) is 0 Å². The Kier molecular flexibility index (Phi) is 6.47. The van der Waals surface area contributed by atoms with Gasteiger partial charge in [-0.05, 0) is 62.1 Å². The number of halogens is 1. The molecule has 0 atom stereocenters. The minimum absolute atomic E-state index is 0.0240. The quantitative estimate of drug-likeness (QED) is 0.400. The van der Waals surface area contributed by atoms with Crippen LogP contribution in [0, 0.1) is 19.7 Å². The number of aryl methyl sites for hydroxylation is 2. The van der Waals surface area contributed by atoms with Gasteiger partial charge in [-0.1, -0.05) is 0 Å². The summed E-state index contributed by atoms with van der Waals surface area (Å²) in [6, 6.07) is 8.56. The van der Waals surface area contributed by atoms with Crippen molar-refractivity contribution in [3.05, 3.63) is 53.5 Å². The van der Waals surface area contributed by atoms with Crippen LogP contribution in [0.3, 0.4) is 0 Å². The molecule has 3 N–H and O–H groups in total. The number of methoxy groups -OCH3 is 2. The van der Waals surface area contributed by atoms with Crippen LogP contribution >= 0.6 is 0 Å². The van der Waals surface area contributed by atoms with Crippen LogP contribution in [0.25, 0.3) is 0 Å². The van der Waals surface area contributed by atoms with Gasteiger partial charge >= 0.3 is 0 Å². The van der Waals surface area contributed by atoms with Crippen LogP contribution in [0.5, 0.6) is 11.5 Å². The highest BCUT2D eigenvalue weighted by Crippen LogP contribution is 2.35. The Labute approximate surface area is 197 Å². The number of nitrogens with one attached hydrogen (secondary N) is 3. The van der Waals surface area contributed by atoms with Gasteiger partial charge in [-0.3, -0.25) is 4.72 Å². The van der Waals surface area contributed by atoms with Crippen molar-refractivity contribution in [3.8, 4) is 11.5 Å². The molecule has 1 aliphatic carbocycles. The molecular weight excluding hydrogens is 461 g/mol. The number of rotatable bonds is 9. The van der Waals surface area contributed by atoms with E-state index in [2.05, 4.69) is 25.3 Å². The van der Waals surface area contributed by atoms with Gasteiger partial charge in [0.05, 0.1) is 25.7 Å². The molecule has 2 aromatic carbocycles. The van der Waals surface area contributed by atoms with Gasteiger partial charge in [0.1, 0.15) is 0 Å². The van der Waals surface area contributed by atoms with Crippen molar-refractivity contribution in [3.63, 3.8) is 0 Å². The summed E-state index contributed by atoms with van der Waals surface area (Å²) in [5, 5.41) is 5.69.